The van der Waals surface area contributed by atoms with E-state index >= 15 is 0 Å². The Hall–Kier alpha value is -2.90. The van der Waals surface area contributed by atoms with E-state index in [1.165, 1.54) is 4.90 Å². The summed E-state index contributed by atoms with van der Waals surface area (Å²) in [5.41, 5.74) is 0.560. The van der Waals surface area contributed by atoms with Gasteiger partial charge in [0.15, 0.2) is 0 Å². The Morgan fingerprint density at radius 2 is 1.79 bits per heavy atom. The van der Waals surface area contributed by atoms with Gasteiger partial charge in [0, 0.05) is 31.7 Å². The molecule has 0 saturated carbocycles. The molecule has 0 bridgehead atoms. The Morgan fingerprint density at radius 1 is 1.07 bits per heavy atom. The number of hydrogen-bond acceptors (Lipinski definition) is 6. The maximum Gasteiger partial charge on any atom is 0.295 e. The molecule has 152 valence electrons. The van der Waals surface area contributed by atoms with Crippen molar-refractivity contribution < 1.29 is 23.8 Å². The van der Waals surface area contributed by atoms with Gasteiger partial charge in [0.25, 0.3) is 11.7 Å². The van der Waals surface area contributed by atoms with E-state index in [1.807, 2.05) is 6.07 Å². The molecule has 1 unspecified atom stereocenters. The molecular formula is C22H24N2O5. The van der Waals surface area contributed by atoms with Crippen LogP contribution in [0.25, 0.3) is 5.76 Å². The van der Waals surface area contributed by atoms with Gasteiger partial charge in [0.2, 0.25) is 0 Å². The third kappa shape index (κ3) is 3.83. The van der Waals surface area contributed by atoms with Crippen LogP contribution < -0.4 is 0 Å². The minimum Gasteiger partial charge on any atom is -0.507 e. The van der Waals surface area contributed by atoms with E-state index in [1.54, 1.807) is 43.3 Å². The van der Waals surface area contributed by atoms with Crippen molar-refractivity contribution in [3.8, 4) is 0 Å². The monoisotopic (exact) mass is 396 g/mol. The summed E-state index contributed by atoms with van der Waals surface area (Å²) in [6.45, 7) is 5.69. The molecule has 1 atom stereocenters. The van der Waals surface area contributed by atoms with Gasteiger partial charge in [-0.2, -0.15) is 0 Å². The van der Waals surface area contributed by atoms with Crippen LogP contribution in [-0.2, 0) is 14.3 Å². The first-order valence-electron chi connectivity index (χ1n) is 9.76. The number of carbonyl (C=O) groups is 2. The van der Waals surface area contributed by atoms with Crippen LogP contribution in [0.2, 0.25) is 0 Å². The normalized spacial score (nSPS) is 22.4. The molecule has 0 aliphatic carbocycles. The number of morpholine rings is 1. The van der Waals surface area contributed by atoms with Crippen LogP contribution in [0, 0.1) is 6.92 Å². The summed E-state index contributed by atoms with van der Waals surface area (Å²) < 4.78 is 11.1. The number of Topliss-reactive ketones (excluding diaryl/α,β-unsaturated/α-hetero) is 1. The van der Waals surface area contributed by atoms with E-state index in [4.69, 9.17) is 9.15 Å². The van der Waals surface area contributed by atoms with E-state index in [2.05, 4.69) is 4.90 Å². The fraction of sp³-hybridized carbons (Fsp3) is 0.364. The summed E-state index contributed by atoms with van der Waals surface area (Å²) >= 11 is 0. The van der Waals surface area contributed by atoms with Gasteiger partial charge >= 0.3 is 0 Å². The molecule has 4 rings (SSSR count). The summed E-state index contributed by atoms with van der Waals surface area (Å²) in [6.07, 6.45) is 0. The smallest absolute Gasteiger partial charge is 0.295 e. The maximum absolute atomic E-state index is 12.9. The topological polar surface area (TPSA) is 83.2 Å². The number of likely N-dealkylation sites (tertiary alicyclic amines) is 1. The first-order valence-corrected chi connectivity index (χ1v) is 9.76. The fourth-order valence-electron chi connectivity index (χ4n) is 3.83. The largest absolute Gasteiger partial charge is 0.507 e. The van der Waals surface area contributed by atoms with Crippen LogP contribution in [0.5, 0.6) is 0 Å². The number of benzene rings is 1. The predicted octanol–water partition coefficient (Wildman–Crippen LogP) is 2.34. The molecule has 1 aromatic carbocycles. The van der Waals surface area contributed by atoms with Crippen molar-refractivity contribution in [2.45, 2.75) is 13.0 Å². The zero-order valence-electron chi connectivity index (χ0n) is 16.3. The highest BCUT2D eigenvalue weighted by molar-refractivity contribution is 6.46. The number of rotatable bonds is 5. The first-order chi connectivity index (χ1) is 14.1. The van der Waals surface area contributed by atoms with Crippen LogP contribution >= 0.6 is 0 Å². The molecule has 0 spiro atoms. The number of nitrogens with zero attached hydrogens (tertiary/aromatic N) is 2. The van der Waals surface area contributed by atoms with Crippen LogP contribution in [0.3, 0.4) is 0 Å². The summed E-state index contributed by atoms with van der Waals surface area (Å²) in [5.74, 6) is -0.335. The number of amides is 1. The van der Waals surface area contributed by atoms with Crippen molar-refractivity contribution in [3.63, 3.8) is 0 Å². The molecular weight excluding hydrogens is 372 g/mol. The van der Waals surface area contributed by atoms with Crippen LogP contribution in [0.4, 0.5) is 0 Å². The molecule has 1 N–H and O–H groups in total. The summed E-state index contributed by atoms with van der Waals surface area (Å²) in [7, 11) is 0. The van der Waals surface area contributed by atoms with E-state index in [0.717, 1.165) is 13.1 Å². The Balaban J connectivity index is 1.70. The molecule has 2 fully saturated rings. The first kappa shape index (κ1) is 19.4. The van der Waals surface area contributed by atoms with E-state index in [-0.39, 0.29) is 11.3 Å². The highest BCUT2D eigenvalue weighted by atomic mass is 16.5. The lowest BCUT2D eigenvalue weighted by atomic mass is 9.99. The molecule has 1 amide bonds. The molecule has 1 aromatic heterocycles. The third-order valence-electron chi connectivity index (χ3n) is 5.38. The highest BCUT2D eigenvalue weighted by Crippen LogP contribution is 2.39. The van der Waals surface area contributed by atoms with Gasteiger partial charge in [0.1, 0.15) is 23.3 Å². The summed E-state index contributed by atoms with van der Waals surface area (Å²) in [4.78, 5) is 29.5. The minimum atomic E-state index is -0.745. The van der Waals surface area contributed by atoms with Crippen molar-refractivity contribution in [2.75, 3.05) is 39.4 Å². The van der Waals surface area contributed by atoms with Gasteiger partial charge in [-0.15, -0.1) is 0 Å². The molecule has 2 aliphatic heterocycles. The molecule has 3 heterocycles. The van der Waals surface area contributed by atoms with Crippen molar-refractivity contribution in [1.29, 1.82) is 0 Å². The Kier molecular flexibility index (Phi) is 5.51. The van der Waals surface area contributed by atoms with Gasteiger partial charge in [-0.1, -0.05) is 30.3 Å². The third-order valence-corrected chi connectivity index (χ3v) is 5.38. The van der Waals surface area contributed by atoms with E-state index in [0.29, 0.717) is 43.4 Å². The van der Waals surface area contributed by atoms with Crippen molar-refractivity contribution in [2.24, 2.45) is 0 Å². The van der Waals surface area contributed by atoms with Crippen LogP contribution in [0.15, 0.2) is 52.5 Å². The average molecular weight is 396 g/mol. The molecule has 29 heavy (non-hydrogen) atoms. The number of aliphatic hydroxyl groups is 1. The zero-order chi connectivity index (χ0) is 20.4. The Bertz CT molecular complexity index is 928. The van der Waals surface area contributed by atoms with Gasteiger partial charge in [-0.05, 0) is 19.1 Å². The van der Waals surface area contributed by atoms with Crippen molar-refractivity contribution >= 4 is 17.4 Å². The second-order valence-corrected chi connectivity index (χ2v) is 7.26. The zero-order valence-corrected chi connectivity index (χ0v) is 16.3. The predicted molar refractivity (Wildman–Crippen MR) is 106 cm³/mol. The van der Waals surface area contributed by atoms with Crippen molar-refractivity contribution in [1.82, 2.24) is 9.80 Å². The number of carbonyl (C=O) groups excluding carboxylic acids is 2. The highest BCUT2D eigenvalue weighted by Gasteiger charge is 2.47. The molecule has 2 saturated heterocycles. The van der Waals surface area contributed by atoms with Crippen molar-refractivity contribution in [3.05, 3.63) is 65.1 Å². The number of ether oxygens (including phenoxy) is 1. The van der Waals surface area contributed by atoms with Crippen LogP contribution in [-0.4, -0.2) is 66.0 Å². The average Bonchev–Trinajstić information content (AvgIpc) is 3.28. The lowest BCUT2D eigenvalue weighted by Crippen LogP contribution is -2.42. The van der Waals surface area contributed by atoms with Gasteiger partial charge in [-0.25, -0.2) is 0 Å². The molecule has 2 aromatic rings. The molecule has 7 heteroatoms. The molecule has 0 radical (unpaired) electrons. The standard InChI is InChI=1S/C22H24N2O5/c1-15-7-8-17(29-15)19-18(20(25)16-5-3-2-4-6-16)21(26)22(27)24(19)10-9-23-11-13-28-14-12-23/h2-8,19,25H,9-14H2,1H3/b20-18+. The summed E-state index contributed by atoms with van der Waals surface area (Å²) in [6, 6.07) is 11.6. The lowest BCUT2D eigenvalue weighted by molar-refractivity contribution is -0.140. The second kappa shape index (κ2) is 8.23. The molecule has 7 nitrogen and oxygen atoms in total. The van der Waals surface area contributed by atoms with E-state index in [9.17, 15) is 14.7 Å². The number of aliphatic hydroxyl groups excluding tert-OH is 1. The number of furan rings is 1. The Labute approximate surface area is 169 Å². The van der Waals surface area contributed by atoms with Gasteiger partial charge in [-0.3, -0.25) is 14.5 Å². The quantitative estimate of drug-likeness (QED) is 0.475. The maximum atomic E-state index is 12.9. The number of hydrogen-bond donors (Lipinski definition) is 1. The SMILES string of the molecule is Cc1ccc(C2/C(=C(\O)c3ccccc3)C(=O)C(=O)N2CCN2CCOCC2)o1. The Morgan fingerprint density at radius 3 is 2.45 bits per heavy atom. The fourth-order valence-corrected chi connectivity index (χ4v) is 3.83. The number of ketones is 1. The minimum absolute atomic E-state index is 0.0672. The van der Waals surface area contributed by atoms with Crippen LogP contribution in [0.1, 0.15) is 23.1 Å². The molecule has 2 aliphatic rings. The lowest BCUT2D eigenvalue weighted by Gasteiger charge is -2.30. The summed E-state index contributed by atoms with van der Waals surface area (Å²) in [5, 5.41) is 10.9. The number of aryl methyl sites for hydroxylation is 1. The van der Waals surface area contributed by atoms with E-state index < -0.39 is 17.7 Å². The van der Waals surface area contributed by atoms with Gasteiger partial charge in [0.05, 0.1) is 18.8 Å². The van der Waals surface area contributed by atoms with Gasteiger partial charge < -0.3 is 19.2 Å². The second-order valence-electron chi connectivity index (χ2n) is 7.26.